The summed E-state index contributed by atoms with van der Waals surface area (Å²) in [6.45, 7) is 1.44. The second-order valence-corrected chi connectivity index (χ2v) is 4.74. The predicted octanol–water partition coefficient (Wildman–Crippen LogP) is 1.98. The molecule has 1 aromatic rings. The van der Waals surface area contributed by atoms with Crippen LogP contribution in [0.25, 0.3) is 0 Å². The molecule has 1 saturated heterocycles. The van der Waals surface area contributed by atoms with E-state index >= 15 is 0 Å². The van der Waals surface area contributed by atoms with E-state index in [1.807, 2.05) is 0 Å². The molecule has 1 aromatic carbocycles. The van der Waals surface area contributed by atoms with Crippen molar-refractivity contribution in [2.45, 2.75) is 31.7 Å². The highest BCUT2D eigenvalue weighted by atomic mass is 16.3. The minimum absolute atomic E-state index is 0.336. The highest BCUT2D eigenvalue weighted by Crippen LogP contribution is 2.21. The van der Waals surface area contributed by atoms with Crippen molar-refractivity contribution in [3.05, 3.63) is 35.9 Å². The molecule has 1 aliphatic heterocycles. The average Bonchev–Trinajstić information content (AvgIpc) is 2.31. The molecule has 16 heavy (non-hydrogen) atoms. The summed E-state index contributed by atoms with van der Waals surface area (Å²) in [5.41, 5.74) is 1.41. The van der Waals surface area contributed by atoms with Gasteiger partial charge in [0.1, 0.15) is 0 Å². The molecule has 0 aliphatic carbocycles. The minimum atomic E-state index is 0.336. The Labute approximate surface area is 97.7 Å². The first-order chi connectivity index (χ1) is 7.88. The summed E-state index contributed by atoms with van der Waals surface area (Å²) in [4.78, 5) is 0. The molecule has 0 amide bonds. The zero-order chi connectivity index (χ0) is 11.2. The summed E-state index contributed by atoms with van der Waals surface area (Å²) in [6, 6.07) is 11.2. The number of hydrogen-bond donors (Lipinski definition) is 2. The minimum Gasteiger partial charge on any atom is -0.396 e. The largest absolute Gasteiger partial charge is 0.396 e. The molecule has 2 nitrogen and oxygen atoms in total. The molecule has 2 heteroatoms. The zero-order valence-electron chi connectivity index (χ0n) is 9.73. The van der Waals surface area contributed by atoms with Gasteiger partial charge in [-0.05, 0) is 43.7 Å². The molecule has 0 unspecified atom stereocenters. The fourth-order valence-electron chi connectivity index (χ4n) is 2.59. The molecule has 0 bridgehead atoms. The normalized spacial score (nSPS) is 25.6. The maximum atomic E-state index is 8.97. The Bertz CT molecular complexity index is 297. The van der Waals surface area contributed by atoms with Gasteiger partial charge in [-0.1, -0.05) is 30.3 Å². The third-order valence-corrected chi connectivity index (χ3v) is 3.47. The van der Waals surface area contributed by atoms with Crippen molar-refractivity contribution in [1.82, 2.24) is 5.32 Å². The molecule has 1 aliphatic rings. The van der Waals surface area contributed by atoms with Crippen LogP contribution in [0.15, 0.2) is 30.3 Å². The van der Waals surface area contributed by atoms with E-state index in [2.05, 4.69) is 35.6 Å². The van der Waals surface area contributed by atoms with Crippen molar-refractivity contribution in [1.29, 1.82) is 0 Å². The van der Waals surface area contributed by atoms with Gasteiger partial charge in [0.2, 0.25) is 0 Å². The Balaban J connectivity index is 1.85. The van der Waals surface area contributed by atoms with Crippen molar-refractivity contribution in [3.63, 3.8) is 0 Å². The lowest BCUT2D eigenvalue weighted by Gasteiger charge is -2.30. The van der Waals surface area contributed by atoms with Crippen LogP contribution in [0.3, 0.4) is 0 Å². The third kappa shape index (κ3) is 3.32. The van der Waals surface area contributed by atoms with Gasteiger partial charge in [0.25, 0.3) is 0 Å². The third-order valence-electron chi connectivity index (χ3n) is 3.47. The Kier molecular flexibility index (Phi) is 4.37. The van der Waals surface area contributed by atoms with Crippen molar-refractivity contribution in [2.75, 3.05) is 13.2 Å². The summed E-state index contributed by atoms with van der Waals surface area (Å²) >= 11 is 0. The molecule has 0 saturated carbocycles. The van der Waals surface area contributed by atoms with Crippen LogP contribution in [0, 0.1) is 5.92 Å². The molecule has 2 rings (SSSR count). The van der Waals surface area contributed by atoms with Crippen LogP contribution in [0.1, 0.15) is 24.8 Å². The average molecular weight is 219 g/mol. The Morgan fingerprint density at radius 3 is 2.81 bits per heavy atom. The second kappa shape index (κ2) is 6.02. The van der Waals surface area contributed by atoms with Gasteiger partial charge in [0.05, 0.1) is 0 Å². The summed E-state index contributed by atoms with van der Waals surface area (Å²) < 4.78 is 0. The summed E-state index contributed by atoms with van der Waals surface area (Å²) in [5, 5.41) is 12.5. The molecule has 0 radical (unpaired) electrons. The monoisotopic (exact) mass is 219 g/mol. The molecule has 88 valence electrons. The van der Waals surface area contributed by atoms with Crippen LogP contribution in [-0.4, -0.2) is 24.3 Å². The van der Waals surface area contributed by atoms with Crippen molar-refractivity contribution >= 4 is 0 Å². The van der Waals surface area contributed by atoms with Crippen LogP contribution in [0.4, 0.5) is 0 Å². The van der Waals surface area contributed by atoms with Gasteiger partial charge in [-0.25, -0.2) is 0 Å². The maximum absolute atomic E-state index is 8.97. The SMILES string of the molecule is OCC[C@@H]1CCN[C@@H](Cc2ccccc2)C1. The maximum Gasteiger partial charge on any atom is 0.0433 e. The number of piperidine rings is 1. The molecule has 2 N–H and O–H groups in total. The highest BCUT2D eigenvalue weighted by Gasteiger charge is 2.20. The van der Waals surface area contributed by atoms with E-state index in [1.165, 1.54) is 18.4 Å². The second-order valence-electron chi connectivity index (χ2n) is 4.74. The molecule has 0 aromatic heterocycles. The number of aliphatic hydroxyl groups excluding tert-OH is 1. The molecule has 0 spiro atoms. The number of rotatable bonds is 4. The Hall–Kier alpha value is -0.860. The van der Waals surface area contributed by atoms with Gasteiger partial charge in [0, 0.05) is 12.6 Å². The Morgan fingerprint density at radius 1 is 1.25 bits per heavy atom. The Morgan fingerprint density at radius 2 is 2.06 bits per heavy atom. The van der Waals surface area contributed by atoms with Gasteiger partial charge in [-0.15, -0.1) is 0 Å². The lowest BCUT2D eigenvalue weighted by atomic mass is 9.87. The lowest BCUT2D eigenvalue weighted by molar-refractivity contribution is 0.215. The van der Waals surface area contributed by atoms with Crippen LogP contribution in [0.2, 0.25) is 0 Å². The van der Waals surface area contributed by atoms with Crippen LogP contribution < -0.4 is 5.32 Å². The first kappa shape index (κ1) is 11.6. The molecule has 1 heterocycles. The van der Waals surface area contributed by atoms with E-state index in [0.29, 0.717) is 18.6 Å². The van der Waals surface area contributed by atoms with E-state index in [0.717, 1.165) is 19.4 Å². The van der Waals surface area contributed by atoms with Crippen molar-refractivity contribution in [3.8, 4) is 0 Å². The van der Waals surface area contributed by atoms with Gasteiger partial charge < -0.3 is 10.4 Å². The topological polar surface area (TPSA) is 32.3 Å². The van der Waals surface area contributed by atoms with Crippen molar-refractivity contribution < 1.29 is 5.11 Å². The number of nitrogens with one attached hydrogen (secondary N) is 1. The van der Waals surface area contributed by atoms with Gasteiger partial charge >= 0.3 is 0 Å². The fourth-order valence-corrected chi connectivity index (χ4v) is 2.59. The number of benzene rings is 1. The smallest absolute Gasteiger partial charge is 0.0433 e. The van der Waals surface area contributed by atoms with E-state index < -0.39 is 0 Å². The van der Waals surface area contributed by atoms with Crippen molar-refractivity contribution in [2.24, 2.45) is 5.92 Å². The van der Waals surface area contributed by atoms with E-state index in [-0.39, 0.29) is 0 Å². The molecule has 2 atom stereocenters. The molecular formula is C14H21NO. The predicted molar refractivity (Wildman–Crippen MR) is 66.4 cm³/mol. The fraction of sp³-hybridized carbons (Fsp3) is 0.571. The summed E-state index contributed by atoms with van der Waals surface area (Å²) in [5.74, 6) is 0.708. The zero-order valence-corrected chi connectivity index (χ0v) is 9.73. The number of aliphatic hydroxyl groups is 1. The van der Waals surface area contributed by atoms with Crippen LogP contribution in [-0.2, 0) is 6.42 Å². The first-order valence-corrected chi connectivity index (χ1v) is 6.26. The van der Waals surface area contributed by atoms with E-state index in [1.54, 1.807) is 0 Å². The quantitative estimate of drug-likeness (QED) is 0.811. The van der Waals surface area contributed by atoms with Crippen LogP contribution >= 0.6 is 0 Å². The van der Waals surface area contributed by atoms with E-state index in [4.69, 9.17) is 5.11 Å². The van der Waals surface area contributed by atoms with Gasteiger partial charge in [-0.2, -0.15) is 0 Å². The first-order valence-electron chi connectivity index (χ1n) is 6.26. The van der Waals surface area contributed by atoms with E-state index in [9.17, 15) is 0 Å². The molecular weight excluding hydrogens is 198 g/mol. The summed E-state index contributed by atoms with van der Waals surface area (Å²) in [7, 11) is 0. The number of hydrogen-bond acceptors (Lipinski definition) is 2. The highest BCUT2D eigenvalue weighted by molar-refractivity contribution is 5.16. The van der Waals surface area contributed by atoms with Crippen LogP contribution in [0.5, 0.6) is 0 Å². The van der Waals surface area contributed by atoms with Gasteiger partial charge in [-0.3, -0.25) is 0 Å². The summed E-state index contributed by atoms with van der Waals surface area (Å²) in [6.07, 6.45) is 4.50. The van der Waals surface area contributed by atoms with Gasteiger partial charge in [0.15, 0.2) is 0 Å². The standard InChI is InChI=1S/C14H21NO/c16-9-7-13-6-8-15-14(11-13)10-12-4-2-1-3-5-12/h1-5,13-16H,6-11H2/t13-,14-/m0/s1. The molecule has 1 fully saturated rings. The lowest BCUT2D eigenvalue weighted by Crippen LogP contribution is -2.39.